The van der Waals surface area contributed by atoms with Crippen molar-refractivity contribution >= 4 is 0 Å². The number of allylic oxidation sites excluding steroid dienone is 4. The molecule has 0 heterocycles. The van der Waals surface area contributed by atoms with Crippen molar-refractivity contribution in [3.8, 4) is 0 Å². The summed E-state index contributed by atoms with van der Waals surface area (Å²) in [4.78, 5) is 0. The maximum atomic E-state index is 2.35. The summed E-state index contributed by atoms with van der Waals surface area (Å²) in [5.41, 5.74) is 3.41. The third kappa shape index (κ3) is 1.05. The van der Waals surface area contributed by atoms with Gasteiger partial charge in [0.1, 0.15) is 0 Å². The maximum absolute atomic E-state index is 2.35. The fraction of sp³-hybridized carbons (Fsp3) is 0.636. The first-order chi connectivity index (χ1) is 5.29. The van der Waals surface area contributed by atoms with Gasteiger partial charge in [-0.25, -0.2) is 0 Å². The Morgan fingerprint density at radius 2 is 2.27 bits per heavy atom. The van der Waals surface area contributed by atoms with E-state index in [0.29, 0.717) is 0 Å². The van der Waals surface area contributed by atoms with E-state index in [-0.39, 0.29) is 0 Å². The first-order valence-electron chi connectivity index (χ1n) is 4.67. The standard InChI is InChI=1S/C11H16/c1-8(2)10-7-6-9-4-3-5-11(9)10/h3-4,8,10H,5-7H2,1-2H3/t10-/m1/s1. The molecular formula is C11H16. The lowest BCUT2D eigenvalue weighted by atomic mass is 9.88. The van der Waals surface area contributed by atoms with E-state index in [2.05, 4.69) is 26.0 Å². The van der Waals surface area contributed by atoms with E-state index in [4.69, 9.17) is 0 Å². The van der Waals surface area contributed by atoms with Gasteiger partial charge >= 0.3 is 0 Å². The zero-order chi connectivity index (χ0) is 7.84. The van der Waals surface area contributed by atoms with E-state index >= 15 is 0 Å². The molecule has 0 aromatic carbocycles. The van der Waals surface area contributed by atoms with Crippen molar-refractivity contribution in [1.82, 2.24) is 0 Å². The van der Waals surface area contributed by atoms with Crippen LogP contribution in [-0.4, -0.2) is 0 Å². The summed E-state index contributed by atoms with van der Waals surface area (Å²) in [5, 5.41) is 0. The van der Waals surface area contributed by atoms with E-state index in [1.807, 2.05) is 0 Å². The van der Waals surface area contributed by atoms with E-state index in [1.54, 1.807) is 11.1 Å². The maximum Gasteiger partial charge on any atom is -0.0127 e. The molecule has 0 N–H and O–H groups in total. The Hall–Kier alpha value is -0.520. The molecule has 11 heavy (non-hydrogen) atoms. The molecule has 1 atom stereocenters. The SMILES string of the molecule is CC(C)[C@H]1CCC2=C1CC=C2. The van der Waals surface area contributed by atoms with Crippen LogP contribution >= 0.6 is 0 Å². The summed E-state index contributed by atoms with van der Waals surface area (Å²) in [6.45, 7) is 4.69. The second-order valence-electron chi connectivity index (χ2n) is 4.05. The minimum absolute atomic E-state index is 0.849. The largest absolute Gasteiger partial charge is 0.0802 e. The van der Waals surface area contributed by atoms with Crippen molar-refractivity contribution in [3.05, 3.63) is 23.3 Å². The molecule has 0 aromatic rings. The molecule has 0 saturated carbocycles. The Bertz CT molecular complexity index is 218. The molecule has 0 unspecified atom stereocenters. The lowest BCUT2D eigenvalue weighted by Crippen LogP contribution is -2.06. The molecule has 0 fully saturated rings. The molecular weight excluding hydrogens is 132 g/mol. The second-order valence-corrected chi connectivity index (χ2v) is 4.05. The highest BCUT2D eigenvalue weighted by molar-refractivity contribution is 5.38. The third-order valence-corrected chi connectivity index (χ3v) is 3.05. The van der Waals surface area contributed by atoms with Gasteiger partial charge in [-0.3, -0.25) is 0 Å². The number of hydrogen-bond acceptors (Lipinski definition) is 0. The zero-order valence-electron chi connectivity index (χ0n) is 7.43. The minimum atomic E-state index is 0.849. The summed E-state index contributed by atoms with van der Waals surface area (Å²) in [6, 6.07) is 0. The van der Waals surface area contributed by atoms with Crippen LogP contribution in [0.1, 0.15) is 33.1 Å². The van der Waals surface area contributed by atoms with E-state index in [9.17, 15) is 0 Å². The van der Waals surface area contributed by atoms with E-state index in [1.165, 1.54) is 19.3 Å². The summed E-state index contributed by atoms with van der Waals surface area (Å²) < 4.78 is 0. The topological polar surface area (TPSA) is 0 Å². The highest BCUT2D eigenvalue weighted by Crippen LogP contribution is 2.42. The van der Waals surface area contributed by atoms with Crippen LogP contribution < -0.4 is 0 Å². The highest BCUT2D eigenvalue weighted by atomic mass is 14.3. The lowest BCUT2D eigenvalue weighted by molar-refractivity contribution is 0.435. The molecule has 0 saturated heterocycles. The Morgan fingerprint density at radius 3 is 3.00 bits per heavy atom. The predicted molar refractivity (Wildman–Crippen MR) is 48.3 cm³/mol. The minimum Gasteiger partial charge on any atom is -0.0802 e. The fourth-order valence-electron chi connectivity index (χ4n) is 2.42. The smallest absolute Gasteiger partial charge is 0.0127 e. The van der Waals surface area contributed by atoms with Gasteiger partial charge in [-0.2, -0.15) is 0 Å². The van der Waals surface area contributed by atoms with Crippen LogP contribution in [0.5, 0.6) is 0 Å². The first-order valence-corrected chi connectivity index (χ1v) is 4.67. The second kappa shape index (κ2) is 2.51. The Morgan fingerprint density at radius 1 is 1.45 bits per heavy atom. The molecule has 0 heteroatoms. The van der Waals surface area contributed by atoms with Crippen LogP contribution in [0.4, 0.5) is 0 Å². The van der Waals surface area contributed by atoms with Gasteiger partial charge < -0.3 is 0 Å². The van der Waals surface area contributed by atoms with Gasteiger partial charge in [0.2, 0.25) is 0 Å². The van der Waals surface area contributed by atoms with Crippen molar-refractivity contribution in [1.29, 1.82) is 0 Å². The van der Waals surface area contributed by atoms with Crippen LogP contribution in [0, 0.1) is 11.8 Å². The van der Waals surface area contributed by atoms with Crippen LogP contribution in [0.2, 0.25) is 0 Å². The van der Waals surface area contributed by atoms with Gasteiger partial charge in [0.15, 0.2) is 0 Å². The van der Waals surface area contributed by atoms with Crippen molar-refractivity contribution in [2.75, 3.05) is 0 Å². The molecule has 0 aromatic heterocycles. The first kappa shape index (κ1) is 7.15. The van der Waals surface area contributed by atoms with Gasteiger partial charge in [-0.1, -0.05) is 31.6 Å². The summed E-state index contributed by atoms with van der Waals surface area (Å²) in [7, 11) is 0. The molecule has 0 radical (unpaired) electrons. The highest BCUT2D eigenvalue weighted by Gasteiger charge is 2.27. The quantitative estimate of drug-likeness (QED) is 0.535. The Kier molecular flexibility index (Phi) is 1.63. The molecule has 2 aliphatic carbocycles. The van der Waals surface area contributed by atoms with Crippen molar-refractivity contribution in [3.63, 3.8) is 0 Å². The number of rotatable bonds is 1. The average molecular weight is 148 g/mol. The van der Waals surface area contributed by atoms with Crippen molar-refractivity contribution in [2.45, 2.75) is 33.1 Å². The van der Waals surface area contributed by atoms with Gasteiger partial charge in [0, 0.05) is 0 Å². The average Bonchev–Trinajstić information content (AvgIpc) is 2.41. The summed E-state index contributed by atoms with van der Waals surface area (Å²) in [6.07, 6.45) is 8.65. The molecule has 0 amide bonds. The fourth-order valence-corrected chi connectivity index (χ4v) is 2.42. The van der Waals surface area contributed by atoms with Gasteiger partial charge in [-0.15, -0.1) is 0 Å². The van der Waals surface area contributed by atoms with Gasteiger partial charge in [0.05, 0.1) is 0 Å². The van der Waals surface area contributed by atoms with Crippen molar-refractivity contribution in [2.24, 2.45) is 11.8 Å². The van der Waals surface area contributed by atoms with Crippen LogP contribution in [0.15, 0.2) is 23.3 Å². The van der Waals surface area contributed by atoms with Gasteiger partial charge in [-0.05, 0) is 36.7 Å². The predicted octanol–water partition coefficient (Wildman–Crippen LogP) is 3.31. The van der Waals surface area contributed by atoms with Crippen LogP contribution in [-0.2, 0) is 0 Å². The Balaban J connectivity index is 2.19. The van der Waals surface area contributed by atoms with E-state index in [0.717, 1.165) is 11.8 Å². The summed E-state index contributed by atoms with van der Waals surface area (Å²) in [5.74, 6) is 1.75. The molecule has 2 aliphatic rings. The normalized spacial score (nSPS) is 28.8. The van der Waals surface area contributed by atoms with E-state index < -0.39 is 0 Å². The molecule has 2 rings (SSSR count). The zero-order valence-corrected chi connectivity index (χ0v) is 7.43. The third-order valence-electron chi connectivity index (χ3n) is 3.05. The Labute approximate surface area is 69.0 Å². The molecule has 0 bridgehead atoms. The van der Waals surface area contributed by atoms with Gasteiger partial charge in [0.25, 0.3) is 0 Å². The number of hydrogen-bond donors (Lipinski definition) is 0. The molecule has 60 valence electrons. The molecule has 0 aliphatic heterocycles. The van der Waals surface area contributed by atoms with Crippen molar-refractivity contribution < 1.29 is 0 Å². The summed E-state index contributed by atoms with van der Waals surface area (Å²) >= 11 is 0. The monoisotopic (exact) mass is 148 g/mol. The molecule has 0 nitrogen and oxygen atoms in total. The van der Waals surface area contributed by atoms with Crippen LogP contribution in [0.25, 0.3) is 0 Å². The van der Waals surface area contributed by atoms with Crippen LogP contribution in [0.3, 0.4) is 0 Å². The lowest BCUT2D eigenvalue weighted by Gasteiger charge is -2.16. The molecule has 0 spiro atoms.